The molecule has 2 fully saturated rings. The lowest BCUT2D eigenvalue weighted by molar-refractivity contribution is -0.117. The molecule has 2 atom stereocenters. The number of rotatable bonds is 5. The first-order valence-electron chi connectivity index (χ1n) is 9.43. The zero-order valence-electron chi connectivity index (χ0n) is 15.7. The van der Waals surface area contributed by atoms with Crippen LogP contribution >= 0.6 is 23.4 Å². The number of sulfone groups is 1. The first kappa shape index (κ1) is 20.4. The van der Waals surface area contributed by atoms with E-state index >= 15 is 0 Å². The van der Waals surface area contributed by atoms with Crippen LogP contribution in [0.15, 0.2) is 59.6 Å². The summed E-state index contributed by atoms with van der Waals surface area (Å²) in [6, 6.07) is 17.1. The number of halogens is 1. The second-order valence-electron chi connectivity index (χ2n) is 7.32. The molecule has 4 rings (SSSR count). The molecule has 0 N–H and O–H groups in total. The molecule has 5 nitrogen and oxygen atoms in total. The van der Waals surface area contributed by atoms with E-state index in [1.807, 2.05) is 35.2 Å². The van der Waals surface area contributed by atoms with E-state index in [-0.39, 0.29) is 35.1 Å². The van der Waals surface area contributed by atoms with Crippen molar-refractivity contribution in [3.8, 4) is 0 Å². The first-order valence-corrected chi connectivity index (χ1v) is 12.5. The Kier molecular flexibility index (Phi) is 5.99. The molecular formula is C21H21ClN2O3S2. The van der Waals surface area contributed by atoms with Crippen LogP contribution in [0.3, 0.4) is 0 Å². The third kappa shape index (κ3) is 5.02. The predicted octanol–water partition coefficient (Wildman–Crippen LogP) is 3.22. The van der Waals surface area contributed by atoms with Crippen LogP contribution in [0.4, 0.5) is 0 Å². The molecule has 0 radical (unpaired) electrons. The molecule has 1 amide bonds. The Morgan fingerprint density at radius 1 is 1.07 bits per heavy atom. The average molecular weight is 449 g/mol. The number of hydrogen-bond donors (Lipinski definition) is 0. The van der Waals surface area contributed by atoms with Crippen molar-refractivity contribution in [3.05, 3.63) is 70.7 Å². The number of carbonyl (C=O) groups excluding carboxylic acids is 1. The Hall–Kier alpha value is -1.83. The predicted molar refractivity (Wildman–Crippen MR) is 118 cm³/mol. The Labute approximate surface area is 180 Å². The van der Waals surface area contributed by atoms with E-state index in [0.717, 1.165) is 12.0 Å². The molecule has 0 aromatic heterocycles. The summed E-state index contributed by atoms with van der Waals surface area (Å²) in [5.74, 6) is 0.0423. The number of thioether (sulfide) groups is 1. The van der Waals surface area contributed by atoms with E-state index in [4.69, 9.17) is 11.6 Å². The highest BCUT2D eigenvalue weighted by molar-refractivity contribution is 8.15. The average Bonchev–Trinajstić information content (AvgIpc) is 3.14. The van der Waals surface area contributed by atoms with Crippen LogP contribution in [-0.4, -0.2) is 53.7 Å². The maximum Gasteiger partial charge on any atom is 0.252 e. The van der Waals surface area contributed by atoms with E-state index < -0.39 is 9.84 Å². The maximum atomic E-state index is 12.5. The first-order chi connectivity index (χ1) is 13.9. The Balaban J connectivity index is 1.51. The van der Waals surface area contributed by atoms with Gasteiger partial charge in [0, 0.05) is 16.8 Å². The normalized spacial score (nSPS) is 24.0. The Morgan fingerprint density at radius 3 is 2.52 bits per heavy atom. The number of carbonyl (C=O) groups is 1. The van der Waals surface area contributed by atoms with Gasteiger partial charge < -0.3 is 4.90 Å². The van der Waals surface area contributed by atoms with Crippen molar-refractivity contribution >= 4 is 44.3 Å². The zero-order valence-corrected chi connectivity index (χ0v) is 18.1. The van der Waals surface area contributed by atoms with Crippen LogP contribution in [0.2, 0.25) is 5.02 Å². The summed E-state index contributed by atoms with van der Waals surface area (Å²) >= 11 is 7.32. The SMILES string of the molecule is O=C(Cc1ccc(Cl)cc1)N=C1S[C@H]2CS(=O)(=O)C[C@@H]2N1CCc1ccccc1. The van der Waals surface area contributed by atoms with E-state index in [1.54, 1.807) is 12.1 Å². The van der Waals surface area contributed by atoms with Gasteiger partial charge in [-0.1, -0.05) is 65.8 Å². The minimum Gasteiger partial charge on any atom is -0.346 e. The van der Waals surface area contributed by atoms with Crippen LogP contribution in [0.5, 0.6) is 0 Å². The van der Waals surface area contributed by atoms with Gasteiger partial charge in [0.15, 0.2) is 15.0 Å². The molecule has 0 unspecified atom stereocenters. The fourth-order valence-corrected chi connectivity index (χ4v) is 7.84. The number of hydrogen-bond acceptors (Lipinski definition) is 4. The van der Waals surface area contributed by atoms with Crippen molar-refractivity contribution < 1.29 is 13.2 Å². The second kappa shape index (κ2) is 8.50. The van der Waals surface area contributed by atoms with Crippen LogP contribution in [0.1, 0.15) is 11.1 Å². The highest BCUT2D eigenvalue weighted by Gasteiger charge is 2.48. The zero-order chi connectivity index (χ0) is 20.4. The third-order valence-electron chi connectivity index (χ3n) is 5.15. The molecule has 2 aromatic carbocycles. The number of amidine groups is 1. The molecule has 0 saturated carbocycles. The van der Waals surface area contributed by atoms with Gasteiger partial charge in [0.05, 0.1) is 24.0 Å². The molecule has 0 spiro atoms. The number of fused-ring (bicyclic) bond motifs is 1. The molecule has 152 valence electrons. The highest BCUT2D eigenvalue weighted by atomic mass is 35.5. The fourth-order valence-electron chi connectivity index (χ4n) is 3.71. The van der Waals surface area contributed by atoms with Gasteiger partial charge in [-0.05, 0) is 29.7 Å². The smallest absolute Gasteiger partial charge is 0.252 e. The monoisotopic (exact) mass is 448 g/mol. The molecule has 29 heavy (non-hydrogen) atoms. The van der Waals surface area contributed by atoms with Gasteiger partial charge in [0.25, 0.3) is 5.91 Å². The molecule has 2 aliphatic heterocycles. The van der Waals surface area contributed by atoms with Crippen LogP contribution in [-0.2, 0) is 27.5 Å². The van der Waals surface area contributed by atoms with E-state index in [2.05, 4.69) is 17.1 Å². The van der Waals surface area contributed by atoms with Gasteiger partial charge >= 0.3 is 0 Å². The van der Waals surface area contributed by atoms with E-state index in [0.29, 0.717) is 16.7 Å². The maximum absolute atomic E-state index is 12.5. The van der Waals surface area contributed by atoms with Crippen molar-refractivity contribution in [1.82, 2.24) is 4.90 Å². The minimum atomic E-state index is -3.04. The second-order valence-corrected chi connectivity index (χ2v) is 11.1. The lowest BCUT2D eigenvalue weighted by Gasteiger charge is -2.24. The van der Waals surface area contributed by atoms with Crippen LogP contribution in [0, 0.1) is 0 Å². The summed E-state index contributed by atoms with van der Waals surface area (Å²) in [5, 5.41) is 1.21. The number of nitrogens with zero attached hydrogens (tertiary/aromatic N) is 2. The van der Waals surface area contributed by atoms with E-state index in [9.17, 15) is 13.2 Å². The quantitative estimate of drug-likeness (QED) is 0.702. The largest absolute Gasteiger partial charge is 0.346 e. The summed E-state index contributed by atoms with van der Waals surface area (Å²) in [6.07, 6.45) is 0.969. The van der Waals surface area contributed by atoms with Gasteiger partial charge in [0.2, 0.25) is 0 Å². The van der Waals surface area contributed by atoms with Gasteiger partial charge in [-0.2, -0.15) is 4.99 Å². The van der Waals surface area contributed by atoms with Gasteiger partial charge in [-0.3, -0.25) is 4.79 Å². The summed E-state index contributed by atoms with van der Waals surface area (Å²) in [7, 11) is -3.04. The standard InChI is InChI=1S/C21H21ClN2O3S2/c22-17-8-6-16(7-9-17)12-20(25)23-21-24(11-10-15-4-2-1-3-5-15)18-13-29(26,27)14-19(18)28-21/h1-9,18-19H,10-14H2/t18-,19-/m0/s1. The van der Waals surface area contributed by atoms with Gasteiger partial charge in [-0.15, -0.1) is 0 Å². The topological polar surface area (TPSA) is 66.8 Å². The van der Waals surface area contributed by atoms with Gasteiger partial charge in [0.1, 0.15) is 0 Å². The lowest BCUT2D eigenvalue weighted by atomic mass is 10.1. The molecule has 2 saturated heterocycles. The molecule has 2 heterocycles. The molecule has 2 aliphatic rings. The van der Waals surface area contributed by atoms with Crippen molar-refractivity contribution in [2.24, 2.45) is 4.99 Å². The third-order valence-corrected chi connectivity index (χ3v) is 8.65. The molecule has 2 aromatic rings. The van der Waals surface area contributed by atoms with Crippen molar-refractivity contribution in [2.45, 2.75) is 24.1 Å². The van der Waals surface area contributed by atoms with Crippen molar-refractivity contribution in [1.29, 1.82) is 0 Å². The van der Waals surface area contributed by atoms with Crippen molar-refractivity contribution in [2.75, 3.05) is 18.1 Å². The number of amides is 1. The van der Waals surface area contributed by atoms with Crippen LogP contribution < -0.4 is 0 Å². The Morgan fingerprint density at radius 2 is 1.79 bits per heavy atom. The molecule has 8 heteroatoms. The fraction of sp³-hybridized carbons (Fsp3) is 0.333. The lowest BCUT2D eigenvalue weighted by Crippen LogP contribution is -2.39. The number of aliphatic imine (C=N–C) groups is 1. The summed E-state index contributed by atoms with van der Waals surface area (Å²) in [5.41, 5.74) is 2.03. The van der Waals surface area contributed by atoms with Crippen molar-refractivity contribution in [3.63, 3.8) is 0 Å². The molecule has 0 aliphatic carbocycles. The summed E-state index contributed by atoms with van der Waals surface area (Å²) in [4.78, 5) is 18.9. The summed E-state index contributed by atoms with van der Waals surface area (Å²) < 4.78 is 24.2. The van der Waals surface area contributed by atoms with Gasteiger partial charge in [-0.25, -0.2) is 8.42 Å². The summed E-state index contributed by atoms with van der Waals surface area (Å²) in [6.45, 7) is 0.640. The Bertz CT molecular complexity index is 1020. The molecule has 0 bridgehead atoms. The van der Waals surface area contributed by atoms with E-state index in [1.165, 1.54) is 17.3 Å². The highest BCUT2D eigenvalue weighted by Crippen LogP contribution is 2.38. The van der Waals surface area contributed by atoms with Crippen LogP contribution in [0.25, 0.3) is 0 Å². The number of benzene rings is 2. The minimum absolute atomic E-state index is 0.0575. The molecular weight excluding hydrogens is 428 g/mol.